The third-order valence-electron chi connectivity index (χ3n) is 9.42. The highest BCUT2D eigenvalue weighted by atomic mass is 16.3. The van der Waals surface area contributed by atoms with Gasteiger partial charge in [-0.15, -0.1) is 0 Å². The van der Waals surface area contributed by atoms with Crippen LogP contribution in [0, 0.1) is 0 Å². The van der Waals surface area contributed by atoms with Crippen molar-refractivity contribution in [3.63, 3.8) is 0 Å². The van der Waals surface area contributed by atoms with Gasteiger partial charge in [-0.05, 0) is 107 Å². The van der Waals surface area contributed by atoms with E-state index in [1.165, 1.54) is 0 Å². The van der Waals surface area contributed by atoms with Gasteiger partial charge in [0.25, 0.3) is 0 Å². The summed E-state index contributed by atoms with van der Waals surface area (Å²) >= 11 is 0. The van der Waals surface area contributed by atoms with E-state index in [9.17, 15) is 20.4 Å². The van der Waals surface area contributed by atoms with E-state index in [-0.39, 0.29) is 23.0 Å². The number of H-pyrrole nitrogens is 4. The number of phenolic OH excluding ortho intramolecular Hbond substituents is 4. The second-order valence-corrected chi connectivity index (χ2v) is 12.2. The maximum atomic E-state index is 10.5. The van der Waals surface area contributed by atoms with Crippen molar-refractivity contribution in [3.8, 4) is 23.0 Å². The van der Waals surface area contributed by atoms with E-state index in [0.29, 0.717) is 0 Å². The number of phenols is 4. The number of fused-ring (bicyclic) bond motifs is 4. The monoisotopic (exact) mass is 631 g/mol. The summed E-state index contributed by atoms with van der Waals surface area (Å²) in [5, 5.41) is 45.4. The summed E-state index contributed by atoms with van der Waals surface area (Å²) in [7, 11) is 0. The van der Waals surface area contributed by atoms with Gasteiger partial charge < -0.3 is 40.4 Å². The maximum absolute atomic E-state index is 10.5. The molecule has 0 amide bonds. The average Bonchev–Trinajstić information content (AvgIpc) is 3.88. The lowest BCUT2D eigenvalue weighted by molar-refractivity contribution is 0.475. The number of pyridine rings is 1. The summed E-state index contributed by atoms with van der Waals surface area (Å²) in [5.41, 5.74) is 8.70. The van der Waals surface area contributed by atoms with Crippen LogP contribution in [0.1, 0.15) is 45.5 Å². The van der Waals surface area contributed by atoms with Crippen LogP contribution in [0.15, 0.2) is 116 Å². The van der Waals surface area contributed by atoms with Crippen LogP contribution in [0.2, 0.25) is 0 Å². The largest absolute Gasteiger partial charge is 0.508 e. The zero-order valence-electron chi connectivity index (χ0n) is 25.4. The first-order chi connectivity index (χ1) is 23.4. The van der Waals surface area contributed by atoms with Crippen molar-refractivity contribution in [2.75, 3.05) is 0 Å². The summed E-state index contributed by atoms with van der Waals surface area (Å²) < 4.78 is 0. The highest BCUT2D eigenvalue weighted by molar-refractivity contribution is 5.92. The normalized spacial score (nSPS) is 12.0. The molecule has 4 aromatic carbocycles. The standard InChI is InChI=1S/C39H29N5O4/c45-20-4-8-32-24(12-20)28(16-40-32)38(29-17-41-33-9-5-21(46)13-25(29)33)36-2-1-3-37(44-36)39(30-18-42-34-10-6-22(47)14-26(30)34)31-19-43-35-11-7-23(48)15-27(31)35/h1-19,38-43,45-48H. The zero-order chi connectivity index (χ0) is 32.5. The van der Waals surface area contributed by atoms with E-state index in [1.54, 1.807) is 48.5 Å². The quantitative estimate of drug-likeness (QED) is 0.0928. The van der Waals surface area contributed by atoms with E-state index < -0.39 is 11.8 Å². The van der Waals surface area contributed by atoms with Gasteiger partial charge in [0, 0.05) is 68.4 Å². The van der Waals surface area contributed by atoms with E-state index in [4.69, 9.17) is 4.98 Å². The molecule has 0 saturated carbocycles. The molecule has 5 heterocycles. The third kappa shape index (κ3) is 4.36. The molecule has 0 atom stereocenters. The van der Waals surface area contributed by atoms with Gasteiger partial charge in [0.1, 0.15) is 23.0 Å². The van der Waals surface area contributed by atoms with Gasteiger partial charge in [-0.2, -0.15) is 0 Å². The Balaban J connectivity index is 1.30. The molecule has 0 spiro atoms. The van der Waals surface area contributed by atoms with Gasteiger partial charge in [0.2, 0.25) is 0 Å². The van der Waals surface area contributed by atoms with Crippen LogP contribution in [-0.4, -0.2) is 45.3 Å². The fourth-order valence-electron chi connectivity index (χ4n) is 7.24. The first-order valence-electron chi connectivity index (χ1n) is 15.6. The molecule has 0 radical (unpaired) electrons. The lowest BCUT2D eigenvalue weighted by atomic mass is 9.85. The lowest BCUT2D eigenvalue weighted by Gasteiger charge is -2.21. The predicted octanol–water partition coefficient (Wildman–Crippen LogP) is 8.19. The SMILES string of the molecule is Oc1ccc2[nH]cc(C(c3cccc(C(c4c[nH]c5ccc(O)cc45)c4c[nH]c5ccc(O)cc45)n3)c3c[nH]c4ccc(O)cc34)c2c1. The Kier molecular flexibility index (Phi) is 6.03. The van der Waals surface area contributed by atoms with Crippen LogP contribution in [0.5, 0.6) is 23.0 Å². The van der Waals surface area contributed by atoms with Crippen LogP contribution < -0.4 is 0 Å². The molecule has 0 aliphatic rings. The Morgan fingerprint density at radius 3 is 0.979 bits per heavy atom. The maximum Gasteiger partial charge on any atom is 0.116 e. The van der Waals surface area contributed by atoms with Crippen molar-refractivity contribution < 1.29 is 20.4 Å². The molecule has 9 rings (SSSR count). The molecule has 0 bridgehead atoms. The third-order valence-corrected chi connectivity index (χ3v) is 9.42. The minimum absolute atomic E-state index is 0.158. The van der Waals surface area contributed by atoms with Gasteiger partial charge in [-0.25, -0.2) is 0 Å². The summed E-state index contributed by atoms with van der Waals surface area (Å²) in [4.78, 5) is 18.9. The predicted molar refractivity (Wildman–Crippen MR) is 186 cm³/mol. The topological polar surface area (TPSA) is 157 Å². The molecular weight excluding hydrogens is 602 g/mol. The summed E-state index contributed by atoms with van der Waals surface area (Å²) in [6, 6.07) is 27.0. The molecule has 48 heavy (non-hydrogen) atoms. The van der Waals surface area contributed by atoms with Crippen molar-refractivity contribution in [1.29, 1.82) is 0 Å². The smallest absolute Gasteiger partial charge is 0.116 e. The molecule has 0 aliphatic carbocycles. The molecule has 0 fully saturated rings. The van der Waals surface area contributed by atoms with Crippen LogP contribution >= 0.6 is 0 Å². The molecule has 0 unspecified atom stereocenters. The fraction of sp³-hybridized carbons (Fsp3) is 0.0513. The highest BCUT2D eigenvalue weighted by Crippen LogP contribution is 2.43. The van der Waals surface area contributed by atoms with Crippen LogP contribution in [0.25, 0.3) is 43.6 Å². The number of aromatic nitrogens is 5. The number of benzene rings is 4. The minimum Gasteiger partial charge on any atom is -0.508 e. The van der Waals surface area contributed by atoms with E-state index in [1.807, 2.05) is 67.3 Å². The first-order valence-corrected chi connectivity index (χ1v) is 15.6. The molecule has 5 aromatic heterocycles. The number of nitrogens with one attached hydrogen (secondary N) is 4. The number of hydrogen-bond acceptors (Lipinski definition) is 5. The van der Waals surface area contributed by atoms with Crippen molar-refractivity contribution in [2.24, 2.45) is 0 Å². The van der Waals surface area contributed by atoms with Crippen LogP contribution in [0.4, 0.5) is 0 Å². The lowest BCUT2D eigenvalue weighted by Crippen LogP contribution is -2.10. The van der Waals surface area contributed by atoms with Crippen LogP contribution in [0.3, 0.4) is 0 Å². The van der Waals surface area contributed by atoms with Crippen molar-refractivity contribution in [3.05, 3.63) is 149 Å². The van der Waals surface area contributed by atoms with Crippen molar-refractivity contribution in [1.82, 2.24) is 24.9 Å². The van der Waals surface area contributed by atoms with E-state index >= 15 is 0 Å². The second-order valence-electron chi connectivity index (χ2n) is 12.2. The number of hydrogen-bond donors (Lipinski definition) is 8. The van der Waals surface area contributed by atoms with Crippen LogP contribution in [-0.2, 0) is 0 Å². The average molecular weight is 632 g/mol. The number of aromatic hydroxyl groups is 4. The van der Waals surface area contributed by atoms with E-state index in [0.717, 1.165) is 77.3 Å². The Hall–Kier alpha value is -6.61. The Morgan fingerprint density at radius 2 is 0.688 bits per heavy atom. The molecule has 9 nitrogen and oxygen atoms in total. The first kappa shape index (κ1) is 27.7. The molecular formula is C39H29N5O4. The molecule has 234 valence electrons. The van der Waals surface area contributed by atoms with Gasteiger partial charge in [-0.3, -0.25) is 4.98 Å². The second kappa shape index (κ2) is 10.5. The van der Waals surface area contributed by atoms with Gasteiger partial charge >= 0.3 is 0 Å². The van der Waals surface area contributed by atoms with Gasteiger partial charge in [0.05, 0.1) is 23.2 Å². The summed E-state index contributed by atoms with van der Waals surface area (Å²) in [6.07, 6.45) is 7.81. The van der Waals surface area contributed by atoms with Crippen molar-refractivity contribution >= 4 is 43.6 Å². The molecule has 0 aliphatic heterocycles. The Morgan fingerprint density at radius 1 is 0.396 bits per heavy atom. The molecule has 9 aromatic rings. The summed E-state index contributed by atoms with van der Waals surface area (Å²) in [5.74, 6) is -0.154. The molecule has 0 saturated heterocycles. The van der Waals surface area contributed by atoms with E-state index in [2.05, 4.69) is 19.9 Å². The number of aromatic amines is 4. The summed E-state index contributed by atoms with van der Waals surface area (Å²) in [6.45, 7) is 0. The number of rotatable bonds is 6. The van der Waals surface area contributed by atoms with Gasteiger partial charge in [0.15, 0.2) is 0 Å². The minimum atomic E-state index is -0.393. The fourth-order valence-corrected chi connectivity index (χ4v) is 7.24. The molecule has 9 heteroatoms. The molecule has 8 N–H and O–H groups in total. The van der Waals surface area contributed by atoms with Crippen molar-refractivity contribution in [2.45, 2.75) is 11.8 Å². The van der Waals surface area contributed by atoms with Gasteiger partial charge in [-0.1, -0.05) is 6.07 Å². The Labute approximate surface area is 272 Å². The zero-order valence-corrected chi connectivity index (χ0v) is 25.4. The Bertz CT molecular complexity index is 2320. The highest BCUT2D eigenvalue weighted by Gasteiger charge is 2.29. The number of nitrogens with zero attached hydrogens (tertiary/aromatic N) is 1.